The van der Waals surface area contributed by atoms with Crippen LogP contribution in [-0.2, 0) is 0 Å². The zero-order valence-electron chi connectivity index (χ0n) is 6.03. The molecule has 3 nitrogen and oxygen atoms in total. The Hall–Kier alpha value is -1.06. The molecule has 0 saturated carbocycles. The summed E-state index contributed by atoms with van der Waals surface area (Å²) in [7, 11) is 0. The van der Waals surface area contributed by atoms with Crippen molar-refractivity contribution in [3.05, 3.63) is 12.7 Å². The predicted molar refractivity (Wildman–Crippen MR) is 38.2 cm³/mol. The van der Waals surface area contributed by atoms with Crippen LogP contribution in [0.2, 0.25) is 0 Å². The van der Waals surface area contributed by atoms with Crippen LogP contribution in [0.25, 0.3) is 0 Å². The normalized spacial score (nSPS) is 30.5. The highest BCUT2D eigenvalue weighted by atomic mass is 19.1. The number of halogens is 1. The van der Waals surface area contributed by atoms with Crippen LogP contribution in [0.5, 0.6) is 0 Å². The van der Waals surface area contributed by atoms with Gasteiger partial charge in [0.05, 0.1) is 6.54 Å². The maximum atomic E-state index is 12.8. The zero-order chi connectivity index (χ0) is 8.43. The second-order valence-corrected chi connectivity index (χ2v) is 2.60. The van der Waals surface area contributed by atoms with Crippen molar-refractivity contribution < 1.29 is 14.3 Å². The first-order valence-corrected chi connectivity index (χ1v) is 3.39. The average molecular weight is 159 g/mol. The Balaban J connectivity index is 2.56. The summed E-state index contributed by atoms with van der Waals surface area (Å²) < 4.78 is 12.8. The van der Waals surface area contributed by atoms with Crippen molar-refractivity contribution in [1.82, 2.24) is 4.90 Å². The van der Waals surface area contributed by atoms with E-state index in [0.717, 1.165) is 4.90 Å². The molecule has 1 heterocycles. The molecule has 0 spiro atoms. The summed E-state index contributed by atoms with van der Waals surface area (Å²) in [6.45, 7) is 3.64. The summed E-state index contributed by atoms with van der Waals surface area (Å²) in [4.78, 5) is 11.4. The largest absolute Gasteiger partial charge is 0.465 e. The van der Waals surface area contributed by atoms with Crippen LogP contribution in [0.15, 0.2) is 12.7 Å². The summed E-state index contributed by atoms with van der Waals surface area (Å²) in [5, 5.41) is 8.47. The van der Waals surface area contributed by atoms with E-state index in [1.807, 2.05) is 0 Å². The molecule has 4 heteroatoms. The van der Waals surface area contributed by atoms with Crippen molar-refractivity contribution in [3.8, 4) is 0 Å². The van der Waals surface area contributed by atoms with E-state index in [1.165, 1.54) is 6.08 Å². The van der Waals surface area contributed by atoms with E-state index >= 15 is 0 Å². The van der Waals surface area contributed by atoms with Crippen molar-refractivity contribution >= 4 is 6.09 Å². The van der Waals surface area contributed by atoms with Gasteiger partial charge in [-0.05, 0) is 0 Å². The summed E-state index contributed by atoms with van der Waals surface area (Å²) in [6, 6.07) is 0. The van der Waals surface area contributed by atoms with Gasteiger partial charge in [0.15, 0.2) is 0 Å². The number of carboxylic acid groups (broad SMARTS) is 1. The predicted octanol–water partition coefficient (Wildman–Crippen LogP) is 1.12. The fourth-order valence-corrected chi connectivity index (χ4v) is 1.17. The minimum atomic E-state index is -1.08. The molecule has 1 amide bonds. The number of carbonyl (C=O) groups is 1. The average Bonchev–Trinajstić information content (AvgIpc) is 2.31. The Labute approximate surface area is 64.1 Å². The van der Waals surface area contributed by atoms with Gasteiger partial charge in [-0.1, -0.05) is 6.08 Å². The molecule has 2 unspecified atom stereocenters. The van der Waals surface area contributed by atoms with Crippen LogP contribution in [0, 0.1) is 5.92 Å². The molecule has 0 aromatic rings. The fraction of sp³-hybridized carbons (Fsp3) is 0.571. The Kier molecular flexibility index (Phi) is 2.12. The molecule has 11 heavy (non-hydrogen) atoms. The first kappa shape index (κ1) is 8.04. The molecular weight excluding hydrogens is 149 g/mol. The third-order valence-electron chi connectivity index (χ3n) is 1.86. The van der Waals surface area contributed by atoms with Gasteiger partial charge in [0, 0.05) is 12.5 Å². The molecule has 0 radical (unpaired) electrons. The lowest BCUT2D eigenvalue weighted by molar-refractivity contribution is 0.152. The molecule has 0 aromatic heterocycles. The molecule has 1 aliphatic heterocycles. The lowest BCUT2D eigenvalue weighted by atomic mass is 10.1. The molecule has 0 bridgehead atoms. The number of likely N-dealkylation sites (tertiary alicyclic amines) is 1. The Morgan fingerprint density at radius 3 is 2.64 bits per heavy atom. The lowest BCUT2D eigenvalue weighted by Gasteiger charge is -2.08. The van der Waals surface area contributed by atoms with E-state index in [0.29, 0.717) is 0 Å². The summed E-state index contributed by atoms with van der Waals surface area (Å²) >= 11 is 0. The number of hydrogen-bond donors (Lipinski definition) is 1. The first-order chi connectivity index (χ1) is 5.15. The zero-order valence-corrected chi connectivity index (χ0v) is 6.03. The Morgan fingerprint density at radius 1 is 1.73 bits per heavy atom. The van der Waals surface area contributed by atoms with E-state index in [4.69, 9.17) is 5.11 Å². The minimum Gasteiger partial charge on any atom is -0.465 e. The molecule has 1 fully saturated rings. The van der Waals surface area contributed by atoms with Gasteiger partial charge >= 0.3 is 6.09 Å². The summed E-state index contributed by atoms with van der Waals surface area (Å²) in [5.41, 5.74) is 0. The van der Waals surface area contributed by atoms with Gasteiger partial charge in [-0.25, -0.2) is 9.18 Å². The molecule has 1 saturated heterocycles. The van der Waals surface area contributed by atoms with Gasteiger partial charge in [0.2, 0.25) is 0 Å². The van der Waals surface area contributed by atoms with Crippen molar-refractivity contribution in [1.29, 1.82) is 0 Å². The van der Waals surface area contributed by atoms with Crippen LogP contribution in [0.1, 0.15) is 0 Å². The molecule has 62 valence electrons. The number of nitrogens with zero attached hydrogens (tertiary/aromatic N) is 1. The molecular formula is C7H10FNO2. The van der Waals surface area contributed by atoms with E-state index < -0.39 is 12.3 Å². The number of hydrogen-bond acceptors (Lipinski definition) is 1. The molecule has 1 N–H and O–H groups in total. The maximum Gasteiger partial charge on any atom is 0.407 e. The van der Waals surface area contributed by atoms with Crippen molar-refractivity contribution in [2.75, 3.05) is 13.1 Å². The highest BCUT2D eigenvalue weighted by Gasteiger charge is 2.33. The molecule has 1 rings (SSSR count). The van der Waals surface area contributed by atoms with Gasteiger partial charge < -0.3 is 10.0 Å². The van der Waals surface area contributed by atoms with E-state index in [2.05, 4.69) is 6.58 Å². The Morgan fingerprint density at radius 2 is 2.36 bits per heavy atom. The number of alkyl halides is 1. The highest BCUT2D eigenvalue weighted by Crippen LogP contribution is 2.20. The number of amides is 1. The van der Waals surface area contributed by atoms with Crippen molar-refractivity contribution in [3.63, 3.8) is 0 Å². The molecule has 1 aliphatic rings. The van der Waals surface area contributed by atoms with Crippen LogP contribution in [0.4, 0.5) is 9.18 Å². The van der Waals surface area contributed by atoms with E-state index in [-0.39, 0.29) is 19.0 Å². The quantitative estimate of drug-likeness (QED) is 0.582. The second-order valence-electron chi connectivity index (χ2n) is 2.60. The SMILES string of the molecule is C=CC1CN(C(=O)O)CC1F. The highest BCUT2D eigenvalue weighted by molar-refractivity contribution is 5.65. The van der Waals surface area contributed by atoms with E-state index in [9.17, 15) is 9.18 Å². The van der Waals surface area contributed by atoms with Crippen molar-refractivity contribution in [2.24, 2.45) is 5.92 Å². The van der Waals surface area contributed by atoms with Crippen LogP contribution in [-0.4, -0.2) is 35.4 Å². The Bertz CT molecular complexity index is 183. The van der Waals surface area contributed by atoms with Crippen molar-refractivity contribution in [2.45, 2.75) is 6.17 Å². The smallest absolute Gasteiger partial charge is 0.407 e. The van der Waals surface area contributed by atoms with Gasteiger partial charge in [-0.3, -0.25) is 0 Å². The number of rotatable bonds is 1. The molecule has 0 aromatic carbocycles. The van der Waals surface area contributed by atoms with Gasteiger partial charge in [-0.2, -0.15) is 0 Å². The molecule has 0 aliphatic carbocycles. The van der Waals surface area contributed by atoms with Gasteiger partial charge in [-0.15, -0.1) is 6.58 Å². The van der Waals surface area contributed by atoms with Gasteiger partial charge in [0.1, 0.15) is 6.17 Å². The summed E-state index contributed by atoms with van der Waals surface area (Å²) in [5.74, 6) is -0.328. The van der Waals surface area contributed by atoms with Crippen LogP contribution < -0.4 is 0 Å². The van der Waals surface area contributed by atoms with Gasteiger partial charge in [0.25, 0.3) is 0 Å². The minimum absolute atomic E-state index is 0.0218. The monoisotopic (exact) mass is 159 g/mol. The third-order valence-corrected chi connectivity index (χ3v) is 1.86. The fourth-order valence-electron chi connectivity index (χ4n) is 1.17. The standard InChI is InChI=1S/C7H10FNO2/c1-2-5-3-9(7(10)11)4-6(5)8/h2,5-6H,1,3-4H2,(H,10,11). The lowest BCUT2D eigenvalue weighted by Crippen LogP contribution is -2.27. The first-order valence-electron chi connectivity index (χ1n) is 3.39. The van der Waals surface area contributed by atoms with E-state index in [1.54, 1.807) is 0 Å². The maximum absolute atomic E-state index is 12.8. The summed E-state index contributed by atoms with van der Waals surface area (Å²) in [6.07, 6.45) is -0.672. The van der Waals surface area contributed by atoms with Crippen LogP contribution >= 0.6 is 0 Å². The third kappa shape index (κ3) is 1.50. The topological polar surface area (TPSA) is 40.5 Å². The molecule has 2 atom stereocenters. The second kappa shape index (κ2) is 2.90. The van der Waals surface area contributed by atoms with Crippen LogP contribution in [0.3, 0.4) is 0 Å².